The molecule has 0 amide bonds. The molecule has 0 unspecified atom stereocenters. The lowest BCUT2D eigenvalue weighted by Crippen LogP contribution is -2.25. The van der Waals surface area contributed by atoms with Crippen LogP contribution in [0.25, 0.3) is 0 Å². The van der Waals surface area contributed by atoms with Gasteiger partial charge in [0.2, 0.25) is 0 Å². The minimum atomic E-state index is 0.504. The van der Waals surface area contributed by atoms with Gasteiger partial charge in [-0.15, -0.1) is 0 Å². The van der Waals surface area contributed by atoms with Crippen molar-refractivity contribution >= 4 is 0 Å². The van der Waals surface area contributed by atoms with Crippen molar-refractivity contribution in [3.05, 3.63) is 35.9 Å². The summed E-state index contributed by atoms with van der Waals surface area (Å²) in [6.07, 6.45) is 3.83. The summed E-state index contributed by atoms with van der Waals surface area (Å²) in [4.78, 5) is 0. The quantitative estimate of drug-likeness (QED) is 0.612. The van der Waals surface area contributed by atoms with Gasteiger partial charge >= 0.3 is 0 Å². The largest absolute Gasteiger partial charge is 0.385 e. The van der Waals surface area contributed by atoms with Crippen molar-refractivity contribution in [2.24, 2.45) is 5.41 Å². The molecule has 0 atom stereocenters. The molecule has 0 aromatic heterocycles. The van der Waals surface area contributed by atoms with Crippen LogP contribution in [0.15, 0.2) is 30.3 Å². The zero-order chi connectivity index (χ0) is 12.7. The fourth-order valence-electron chi connectivity index (χ4n) is 2.07. The maximum Gasteiger partial charge on any atom is 0.0580 e. The highest BCUT2D eigenvalue weighted by Crippen LogP contribution is 2.48. The van der Waals surface area contributed by atoms with Crippen LogP contribution in [-0.2, 0) is 4.74 Å². The van der Waals surface area contributed by atoms with Crippen molar-refractivity contribution in [1.82, 2.24) is 5.32 Å². The van der Waals surface area contributed by atoms with Gasteiger partial charge in [-0.2, -0.15) is 0 Å². The molecule has 0 bridgehead atoms. The summed E-state index contributed by atoms with van der Waals surface area (Å²) >= 11 is 0. The Balaban J connectivity index is 1.66. The zero-order valence-electron chi connectivity index (χ0n) is 11.0. The van der Waals surface area contributed by atoms with E-state index in [4.69, 9.17) is 4.74 Å². The van der Waals surface area contributed by atoms with Crippen LogP contribution in [0.5, 0.6) is 0 Å². The Labute approximate surface area is 110 Å². The third-order valence-corrected chi connectivity index (χ3v) is 3.51. The van der Waals surface area contributed by atoms with Crippen LogP contribution in [0.1, 0.15) is 24.8 Å². The second kappa shape index (κ2) is 6.58. The SMILES string of the molecule is COCCC1(CNCC#Cc2ccccc2)CC1. The topological polar surface area (TPSA) is 21.3 Å². The van der Waals surface area contributed by atoms with E-state index in [2.05, 4.69) is 17.2 Å². The predicted octanol–water partition coefficient (Wildman–Crippen LogP) is 2.44. The Bertz CT molecular complexity index is 412. The van der Waals surface area contributed by atoms with Crippen molar-refractivity contribution in [2.75, 3.05) is 26.8 Å². The molecular weight excluding hydrogens is 222 g/mol. The normalized spacial score (nSPS) is 15.8. The van der Waals surface area contributed by atoms with Crippen LogP contribution in [-0.4, -0.2) is 26.8 Å². The molecule has 96 valence electrons. The van der Waals surface area contributed by atoms with Gasteiger partial charge in [0.1, 0.15) is 0 Å². The molecule has 18 heavy (non-hydrogen) atoms. The van der Waals surface area contributed by atoms with E-state index in [-0.39, 0.29) is 0 Å². The molecule has 1 N–H and O–H groups in total. The standard InChI is InChI=1S/C16H21NO/c1-18-13-11-16(9-10-16)14-17-12-5-8-15-6-3-2-4-7-15/h2-4,6-7,17H,9-14H2,1H3. The average Bonchev–Trinajstić information content (AvgIpc) is 3.18. The van der Waals surface area contributed by atoms with Crippen molar-refractivity contribution in [2.45, 2.75) is 19.3 Å². The lowest BCUT2D eigenvalue weighted by molar-refractivity contribution is 0.171. The number of hydrogen-bond donors (Lipinski definition) is 1. The molecule has 1 aliphatic rings. The highest BCUT2D eigenvalue weighted by atomic mass is 16.5. The smallest absolute Gasteiger partial charge is 0.0580 e. The summed E-state index contributed by atoms with van der Waals surface area (Å²) in [5, 5.41) is 3.44. The third kappa shape index (κ3) is 4.18. The lowest BCUT2D eigenvalue weighted by atomic mass is 10.0. The first-order valence-electron chi connectivity index (χ1n) is 6.58. The van der Waals surface area contributed by atoms with Gasteiger partial charge in [-0.05, 0) is 36.8 Å². The van der Waals surface area contributed by atoms with Gasteiger partial charge in [-0.1, -0.05) is 30.0 Å². The van der Waals surface area contributed by atoms with Crippen LogP contribution in [0, 0.1) is 17.3 Å². The van der Waals surface area contributed by atoms with Crippen molar-refractivity contribution in [1.29, 1.82) is 0 Å². The van der Waals surface area contributed by atoms with E-state index in [1.54, 1.807) is 7.11 Å². The van der Waals surface area contributed by atoms with E-state index in [1.165, 1.54) is 19.3 Å². The number of nitrogens with one attached hydrogen (secondary N) is 1. The first-order chi connectivity index (χ1) is 8.85. The molecule has 0 radical (unpaired) electrons. The maximum atomic E-state index is 5.15. The molecule has 0 spiro atoms. The predicted molar refractivity (Wildman–Crippen MR) is 74.3 cm³/mol. The van der Waals surface area contributed by atoms with Crippen LogP contribution < -0.4 is 5.32 Å². The summed E-state index contributed by atoms with van der Waals surface area (Å²) in [5.41, 5.74) is 1.59. The van der Waals surface area contributed by atoms with Crippen LogP contribution in [0.4, 0.5) is 0 Å². The second-order valence-electron chi connectivity index (χ2n) is 5.01. The van der Waals surface area contributed by atoms with Gasteiger partial charge in [-0.25, -0.2) is 0 Å². The Morgan fingerprint density at radius 1 is 1.28 bits per heavy atom. The molecule has 1 aliphatic carbocycles. The summed E-state index contributed by atoms with van der Waals surface area (Å²) in [5.74, 6) is 6.32. The number of rotatable bonds is 6. The molecule has 1 aromatic carbocycles. The molecule has 1 saturated carbocycles. The molecule has 0 heterocycles. The summed E-state index contributed by atoms with van der Waals surface area (Å²) in [6, 6.07) is 10.1. The lowest BCUT2D eigenvalue weighted by Gasteiger charge is -2.13. The molecule has 2 nitrogen and oxygen atoms in total. The third-order valence-electron chi connectivity index (χ3n) is 3.51. The fraction of sp³-hybridized carbons (Fsp3) is 0.500. The van der Waals surface area contributed by atoms with Crippen LogP contribution in [0.3, 0.4) is 0 Å². The van der Waals surface area contributed by atoms with Crippen molar-refractivity contribution < 1.29 is 4.74 Å². The monoisotopic (exact) mass is 243 g/mol. The fourth-order valence-corrected chi connectivity index (χ4v) is 2.07. The van der Waals surface area contributed by atoms with Gasteiger partial charge in [0.15, 0.2) is 0 Å². The zero-order valence-corrected chi connectivity index (χ0v) is 11.0. The van der Waals surface area contributed by atoms with Crippen LogP contribution >= 0.6 is 0 Å². The number of ether oxygens (including phenoxy) is 1. The highest BCUT2D eigenvalue weighted by Gasteiger charge is 2.41. The second-order valence-corrected chi connectivity index (χ2v) is 5.01. The average molecular weight is 243 g/mol. The molecule has 2 rings (SSSR count). The van der Waals surface area contributed by atoms with E-state index in [0.717, 1.165) is 25.3 Å². The molecule has 1 aromatic rings. The Kier molecular flexibility index (Phi) is 4.81. The number of hydrogen-bond acceptors (Lipinski definition) is 2. The van der Waals surface area contributed by atoms with Gasteiger partial charge in [0.25, 0.3) is 0 Å². The minimum Gasteiger partial charge on any atom is -0.385 e. The van der Waals surface area contributed by atoms with Crippen molar-refractivity contribution in [3.8, 4) is 11.8 Å². The van der Waals surface area contributed by atoms with Crippen LogP contribution in [0.2, 0.25) is 0 Å². The first-order valence-corrected chi connectivity index (χ1v) is 6.58. The number of benzene rings is 1. The molecule has 1 fully saturated rings. The van der Waals surface area contributed by atoms with E-state index >= 15 is 0 Å². The number of methoxy groups -OCH3 is 1. The maximum absolute atomic E-state index is 5.15. The molecule has 0 saturated heterocycles. The van der Waals surface area contributed by atoms with Gasteiger partial charge in [-0.3, -0.25) is 0 Å². The molecule has 0 aliphatic heterocycles. The Morgan fingerprint density at radius 2 is 2.06 bits per heavy atom. The van der Waals surface area contributed by atoms with Gasteiger partial charge < -0.3 is 10.1 Å². The summed E-state index contributed by atoms with van der Waals surface area (Å²) < 4.78 is 5.15. The van der Waals surface area contributed by atoms with E-state index < -0.39 is 0 Å². The van der Waals surface area contributed by atoms with E-state index in [0.29, 0.717) is 5.41 Å². The summed E-state index contributed by atoms with van der Waals surface area (Å²) in [6.45, 7) is 2.71. The van der Waals surface area contributed by atoms with E-state index in [9.17, 15) is 0 Å². The Hall–Kier alpha value is -1.30. The summed E-state index contributed by atoms with van der Waals surface area (Å²) in [7, 11) is 1.77. The van der Waals surface area contributed by atoms with Crippen molar-refractivity contribution in [3.63, 3.8) is 0 Å². The molecular formula is C16H21NO. The molecule has 2 heteroatoms. The van der Waals surface area contributed by atoms with Gasteiger partial charge in [0, 0.05) is 25.8 Å². The van der Waals surface area contributed by atoms with E-state index in [1.807, 2.05) is 30.3 Å². The Morgan fingerprint density at radius 3 is 2.72 bits per heavy atom. The van der Waals surface area contributed by atoms with Gasteiger partial charge in [0.05, 0.1) is 6.54 Å². The first kappa shape index (κ1) is 13.1. The minimum absolute atomic E-state index is 0.504. The highest BCUT2D eigenvalue weighted by molar-refractivity contribution is 5.33.